The minimum atomic E-state index is -0.374. The van der Waals surface area contributed by atoms with Gasteiger partial charge in [-0.2, -0.15) is 0 Å². The molecule has 5 nitrogen and oxygen atoms in total. The van der Waals surface area contributed by atoms with Crippen molar-refractivity contribution >= 4 is 11.7 Å². The second-order valence-electron chi connectivity index (χ2n) is 6.30. The van der Waals surface area contributed by atoms with Crippen LogP contribution in [0.25, 0.3) is 0 Å². The van der Waals surface area contributed by atoms with Crippen LogP contribution in [0.3, 0.4) is 0 Å². The third-order valence-corrected chi connectivity index (χ3v) is 3.90. The summed E-state index contributed by atoms with van der Waals surface area (Å²) >= 11 is 0. The van der Waals surface area contributed by atoms with Gasteiger partial charge in [0.2, 0.25) is 5.91 Å². The minimum Gasteiger partial charge on any atom is -0.508 e. The normalized spacial score (nSPS) is 12.0. The highest BCUT2D eigenvalue weighted by atomic mass is 16.3. The molecule has 0 spiro atoms. The van der Waals surface area contributed by atoms with Crippen LogP contribution in [0.4, 0.5) is 0 Å². The van der Waals surface area contributed by atoms with Gasteiger partial charge in [0.25, 0.3) is 0 Å². The molecule has 1 atom stereocenters. The van der Waals surface area contributed by atoms with Gasteiger partial charge in [0.05, 0.1) is 6.04 Å². The zero-order valence-electron chi connectivity index (χ0n) is 14.8. The average Bonchev–Trinajstić information content (AvgIpc) is 2.46. The molecule has 1 unspecified atom stereocenters. The Hall–Kier alpha value is -1.88. The van der Waals surface area contributed by atoms with Crippen molar-refractivity contribution in [3.63, 3.8) is 0 Å². The van der Waals surface area contributed by atoms with E-state index in [1.165, 1.54) is 0 Å². The van der Waals surface area contributed by atoms with Crippen molar-refractivity contribution in [2.75, 3.05) is 7.05 Å². The molecule has 4 N–H and O–H groups in total. The van der Waals surface area contributed by atoms with E-state index in [1.54, 1.807) is 38.2 Å². The van der Waals surface area contributed by atoms with E-state index in [1.807, 2.05) is 13.8 Å². The van der Waals surface area contributed by atoms with E-state index in [-0.39, 0.29) is 23.1 Å². The van der Waals surface area contributed by atoms with E-state index >= 15 is 0 Å². The number of primary amides is 1. The molecule has 0 fully saturated rings. The standard InChI is InChI=1S/C10H14N2O2.C8H16O/c1-12-9(10(11)14)6-7-2-4-8(13)5-3-7;1-5-6-8(3,4)7(2)9/h2-5,9,12-13H,6H2,1H3,(H2,11,14);5-6H2,1-4H3. The van der Waals surface area contributed by atoms with Gasteiger partial charge in [-0.25, -0.2) is 0 Å². The number of hydrogen-bond donors (Lipinski definition) is 3. The Morgan fingerprint density at radius 1 is 1.26 bits per heavy atom. The first-order chi connectivity index (χ1) is 10.6. The van der Waals surface area contributed by atoms with Gasteiger partial charge < -0.3 is 16.2 Å². The molecule has 0 radical (unpaired) electrons. The zero-order chi connectivity index (χ0) is 18.0. The molecule has 1 aromatic carbocycles. The summed E-state index contributed by atoms with van der Waals surface area (Å²) in [6.45, 7) is 7.76. The van der Waals surface area contributed by atoms with E-state index in [0.717, 1.165) is 18.4 Å². The molecule has 0 bridgehead atoms. The van der Waals surface area contributed by atoms with Crippen molar-refractivity contribution in [2.24, 2.45) is 11.1 Å². The number of aromatic hydroxyl groups is 1. The Kier molecular flexibility index (Phi) is 9.18. The van der Waals surface area contributed by atoms with Crippen molar-refractivity contribution in [1.82, 2.24) is 5.32 Å². The lowest BCUT2D eigenvalue weighted by atomic mass is 9.84. The van der Waals surface area contributed by atoms with Gasteiger partial charge in [0, 0.05) is 5.41 Å². The number of rotatable bonds is 7. The number of carbonyl (C=O) groups excluding carboxylic acids is 2. The van der Waals surface area contributed by atoms with E-state index in [0.29, 0.717) is 12.2 Å². The predicted octanol–water partition coefficient (Wildman–Crippen LogP) is 2.41. The summed E-state index contributed by atoms with van der Waals surface area (Å²) in [4.78, 5) is 21.8. The molecule has 130 valence electrons. The van der Waals surface area contributed by atoms with Gasteiger partial charge in [-0.15, -0.1) is 0 Å². The van der Waals surface area contributed by atoms with E-state index in [2.05, 4.69) is 12.2 Å². The van der Waals surface area contributed by atoms with E-state index < -0.39 is 0 Å². The maximum absolute atomic E-state index is 10.9. The van der Waals surface area contributed by atoms with Crippen molar-refractivity contribution < 1.29 is 14.7 Å². The predicted molar refractivity (Wildman–Crippen MR) is 93.2 cm³/mol. The fourth-order valence-corrected chi connectivity index (χ4v) is 2.01. The number of nitrogens with two attached hydrogens (primary N) is 1. The lowest BCUT2D eigenvalue weighted by Crippen LogP contribution is -2.40. The Morgan fingerprint density at radius 2 is 1.78 bits per heavy atom. The van der Waals surface area contributed by atoms with Gasteiger partial charge in [-0.05, 0) is 44.5 Å². The number of likely N-dealkylation sites (N-methyl/N-ethyl adjacent to an activating group) is 1. The Bertz CT molecular complexity index is 495. The van der Waals surface area contributed by atoms with Crippen molar-refractivity contribution in [3.05, 3.63) is 29.8 Å². The molecule has 0 aliphatic carbocycles. The molecule has 0 saturated carbocycles. The third kappa shape index (κ3) is 8.35. The highest BCUT2D eigenvalue weighted by Crippen LogP contribution is 2.22. The number of benzene rings is 1. The van der Waals surface area contributed by atoms with Crippen LogP contribution in [0.1, 0.15) is 46.1 Å². The van der Waals surface area contributed by atoms with E-state index in [4.69, 9.17) is 10.8 Å². The maximum Gasteiger partial charge on any atom is 0.234 e. The van der Waals surface area contributed by atoms with Crippen molar-refractivity contribution in [3.8, 4) is 5.75 Å². The smallest absolute Gasteiger partial charge is 0.234 e. The summed E-state index contributed by atoms with van der Waals surface area (Å²) in [5, 5.41) is 11.9. The number of carbonyl (C=O) groups is 2. The maximum atomic E-state index is 10.9. The van der Waals surface area contributed by atoms with Crippen LogP contribution in [0, 0.1) is 5.41 Å². The van der Waals surface area contributed by atoms with Crippen LogP contribution in [0.5, 0.6) is 5.75 Å². The fourth-order valence-electron chi connectivity index (χ4n) is 2.01. The topological polar surface area (TPSA) is 92.4 Å². The fraction of sp³-hybridized carbons (Fsp3) is 0.556. The van der Waals surface area contributed by atoms with Crippen molar-refractivity contribution in [1.29, 1.82) is 0 Å². The lowest BCUT2D eigenvalue weighted by Gasteiger charge is -2.19. The molecule has 0 aromatic heterocycles. The molecule has 0 heterocycles. The first-order valence-corrected chi connectivity index (χ1v) is 7.89. The van der Waals surface area contributed by atoms with Gasteiger partial charge >= 0.3 is 0 Å². The van der Waals surface area contributed by atoms with Crippen LogP contribution in [-0.2, 0) is 16.0 Å². The molecule has 0 saturated heterocycles. The Morgan fingerprint density at radius 3 is 2.09 bits per heavy atom. The lowest BCUT2D eigenvalue weighted by molar-refractivity contribution is -0.125. The second-order valence-corrected chi connectivity index (χ2v) is 6.30. The second kappa shape index (κ2) is 10.0. The van der Waals surface area contributed by atoms with Crippen molar-refractivity contribution in [2.45, 2.75) is 53.0 Å². The summed E-state index contributed by atoms with van der Waals surface area (Å²) in [7, 11) is 1.69. The molecule has 0 aliphatic rings. The average molecular weight is 322 g/mol. The zero-order valence-corrected chi connectivity index (χ0v) is 14.8. The first kappa shape index (κ1) is 21.1. The number of phenolic OH excluding ortho intramolecular Hbond substituents is 1. The molecule has 0 aliphatic heterocycles. The number of amides is 1. The molecule has 5 heteroatoms. The monoisotopic (exact) mass is 322 g/mol. The SMILES string of the molecule is CCCC(C)(C)C(C)=O.CNC(Cc1ccc(O)cc1)C(N)=O. The Labute approximate surface area is 139 Å². The number of hydrogen-bond acceptors (Lipinski definition) is 4. The van der Waals surface area contributed by atoms with Crippen LogP contribution >= 0.6 is 0 Å². The van der Waals surface area contributed by atoms with Gasteiger partial charge in [-0.1, -0.05) is 39.3 Å². The van der Waals surface area contributed by atoms with Crippen LogP contribution in [-0.4, -0.2) is 29.9 Å². The van der Waals surface area contributed by atoms with Crippen LogP contribution < -0.4 is 11.1 Å². The summed E-state index contributed by atoms with van der Waals surface area (Å²) in [5.41, 5.74) is 6.04. The summed E-state index contributed by atoms with van der Waals surface area (Å²) in [5.74, 6) is 0.138. The van der Waals surface area contributed by atoms with Crippen LogP contribution in [0.15, 0.2) is 24.3 Å². The minimum absolute atomic E-state index is 0.0885. The quantitative estimate of drug-likeness (QED) is 0.719. The highest BCUT2D eigenvalue weighted by molar-refractivity contribution is 5.81. The molecule has 1 amide bonds. The number of ketones is 1. The van der Waals surface area contributed by atoms with Gasteiger partial charge in [0.15, 0.2) is 0 Å². The highest BCUT2D eigenvalue weighted by Gasteiger charge is 2.21. The van der Waals surface area contributed by atoms with Crippen LogP contribution in [0.2, 0.25) is 0 Å². The molecule has 23 heavy (non-hydrogen) atoms. The summed E-state index contributed by atoms with van der Waals surface area (Å²) in [6.07, 6.45) is 2.63. The Balaban J connectivity index is 0.000000468. The molecular weight excluding hydrogens is 292 g/mol. The summed E-state index contributed by atoms with van der Waals surface area (Å²) in [6, 6.07) is 6.34. The van der Waals surface area contributed by atoms with Gasteiger partial charge in [0.1, 0.15) is 11.5 Å². The summed E-state index contributed by atoms with van der Waals surface area (Å²) < 4.78 is 0. The number of Topliss-reactive ketones (excluding diaryl/α,β-unsaturated/α-hetero) is 1. The molecular formula is C18H30N2O3. The number of nitrogens with one attached hydrogen (secondary N) is 1. The molecule has 1 rings (SSSR count). The molecule has 1 aromatic rings. The first-order valence-electron chi connectivity index (χ1n) is 7.89. The van der Waals surface area contributed by atoms with Gasteiger partial charge in [-0.3, -0.25) is 9.59 Å². The largest absolute Gasteiger partial charge is 0.508 e. The number of phenols is 1. The third-order valence-electron chi connectivity index (χ3n) is 3.90. The van der Waals surface area contributed by atoms with E-state index in [9.17, 15) is 9.59 Å².